The van der Waals surface area contributed by atoms with Crippen molar-refractivity contribution in [3.8, 4) is 5.75 Å². The molecule has 0 saturated carbocycles. The van der Waals surface area contributed by atoms with Crippen LogP contribution in [0, 0.1) is 0 Å². The number of rotatable bonds is 5. The zero-order valence-corrected chi connectivity index (χ0v) is 13.2. The maximum Gasteiger partial charge on any atom is 0.323 e. The van der Waals surface area contributed by atoms with E-state index >= 15 is 0 Å². The Morgan fingerprint density at radius 1 is 1.29 bits per heavy atom. The molecule has 1 aromatic carbocycles. The van der Waals surface area contributed by atoms with E-state index in [4.69, 9.17) is 9.47 Å². The molecule has 0 spiro atoms. The second-order valence-electron chi connectivity index (χ2n) is 6.39. The fourth-order valence-electron chi connectivity index (χ4n) is 2.53. The Morgan fingerprint density at radius 3 is 2.67 bits per heavy atom. The van der Waals surface area contributed by atoms with E-state index in [1.807, 2.05) is 51.1 Å². The number of nitrogens with zero attached hydrogens (tertiary/aromatic N) is 1. The first-order chi connectivity index (χ1) is 9.96. The molecule has 0 aromatic heterocycles. The van der Waals surface area contributed by atoms with Gasteiger partial charge in [0, 0.05) is 6.54 Å². The highest BCUT2D eigenvalue weighted by molar-refractivity contribution is 5.76. The van der Waals surface area contributed by atoms with Crippen LogP contribution in [0.1, 0.15) is 33.6 Å². The van der Waals surface area contributed by atoms with E-state index in [2.05, 4.69) is 4.90 Å². The number of hydrogen-bond acceptors (Lipinski definition) is 4. The Hall–Kier alpha value is -1.55. The van der Waals surface area contributed by atoms with Gasteiger partial charge in [-0.15, -0.1) is 0 Å². The van der Waals surface area contributed by atoms with E-state index in [9.17, 15) is 4.79 Å². The van der Waals surface area contributed by atoms with Crippen LogP contribution in [0.4, 0.5) is 0 Å². The molecule has 1 atom stereocenters. The van der Waals surface area contributed by atoms with Gasteiger partial charge in [-0.3, -0.25) is 9.69 Å². The summed E-state index contributed by atoms with van der Waals surface area (Å²) in [5, 5.41) is 0. The lowest BCUT2D eigenvalue weighted by atomic mass is 10.1. The molecular weight excluding hydrogens is 266 g/mol. The van der Waals surface area contributed by atoms with Crippen LogP contribution in [0.15, 0.2) is 30.3 Å². The van der Waals surface area contributed by atoms with Crippen molar-refractivity contribution >= 4 is 5.97 Å². The van der Waals surface area contributed by atoms with Gasteiger partial charge in [0.2, 0.25) is 0 Å². The van der Waals surface area contributed by atoms with Crippen LogP contribution in [0.3, 0.4) is 0 Å². The summed E-state index contributed by atoms with van der Waals surface area (Å²) in [4.78, 5) is 14.4. The lowest BCUT2D eigenvalue weighted by Crippen LogP contribution is -2.42. The lowest BCUT2D eigenvalue weighted by molar-refractivity contribution is -0.160. The van der Waals surface area contributed by atoms with Gasteiger partial charge in [-0.25, -0.2) is 0 Å². The monoisotopic (exact) mass is 291 g/mol. The van der Waals surface area contributed by atoms with Crippen LogP contribution in [-0.2, 0) is 9.53 Å². The Balaban J connectivity index is 1.80. The molecule has 0 radical (unpaired) electrons. The lowest BCUT2D eigenvalue weighted by Gasteiger charge is -2.27. The van der Waals surface area contributed by atoms with Crippen LogP contribution >= 0.6 is 0 Å². The summed E-state index contributed by atoms with van der Waals surface area (Å²) in [6.07, 6.45) is 1.91. The van der Waals surface area contributed by atoms with Crippen molar-refractivity contribution < 1.29 is 14.3 Å². The van der Waals surface area contributed by atoms with Gasteiger partial charge in [0.1, 0.15) is 24.0 Å². The van der Waals surface area contributed by atoms with E-state index in [1.54, 1.807) is 0 Å². The topological polar surface area (TPSA) is 38.8 Å². The Bertz CT molecular complexity index is 453. The summed E-state index contributed by atoms with van der Waals surface area (Å²) in [5.74, 6) is 0.755. The maximum atomic E-state index is 12.2. The zero-order valence-electron chi connectivity index (χ0n) is 13.2. The standard InChI is InChI=1S/C17H25NO3/c1-17(2,3)21-16(19)15-10-7-11-18(15)12-13-20-14-8-5-4-6-9-14/h4-6,8-9,15H,7,10-13H2,1-3H3/t15-/m1/s1. The minimum absolute atomic E-state index is 0.111. The van der Waals surface area contributed by atoms with Gasteiger partial charge in [0.05, 0.1) is 0 Å². The number of likely N-dealkylation sites (tertiary alicyclic amines) is 1. The molecule has 1 aliphatic rings. The van der Waals surface area contributed by atoms with Crippen molar-refractivity contribution in [3.63, 3.8) is 0 Å². The predicted octanol–water partition coefficient (Wildman–Crippen LogP) is 2.87. The fraction of sp³-hybridized carbons (Fsp3) is 0.588. The first-order valence-corrected chi connectivity index (χ1v) is 7.60. The minimum Gasteiger partial charge on any atom is -0.492 e. The number of esters is 1. The quantitative estimate of drug-likeness (QED) is 0.782. The summed E-state index contributed by atoms with van der Waals surface area (Å²) in [6.45, 7) is 7.98. The van der Waals surface area contributed by atoms with Gasteiger partial charge in [-0.1, -0.05) is 18.2 Å². The molecule has 4 nitrogen and oxygen atoms in total. The number of carbonyl (C=O) groups is 1. The molecule has 0 unspecified atom stereocenters. The highest BCUT2D eigenvalue weighted by Gasteiger charge is 2.33. The molecule has 1 saturated heterocycles. The minimum atomic E-state index is -0.425. The van der Waals surface area contributed by atoms with Crippen molar-refractivity contribution in [2.24, 2.45) is 0 Å². The molecule has 1 heterocycles. The van der Waals surface area contributed by atoms with Gasteiger partial charge >= 0.3 is 5.97 Å². The number of benzene rings is 1. The van der Waals surface area contributed by atoms with Crippen molar-refractivity contribution in [1.29, 1.82) is 0 Å². The Kier molecular flexibility index (Phi) is 5.23. The number of hydrogen-bond donors (Lipinski definition) is 0. The summed E-state index contributed by atoms with van der Waals surface area (Å²) in [5.41, 5.74) is -0.425. The zero-order chi connectivity index (χ0) is 15.3. The van der Waals surface area contributed by atoms with Crippen molar-refractivity contribution in [2.45, 2.75) is 45.3 Å². The fourth-order valence-corrected chi connectivity index (χ4v) is 2.53. The highest BCUT2D eigenvalue weighted by Crippen LogP contribution is 2.21. The number of para-hydroxylation sites is 1. The van der Waals surface area contributed by atoms with E-state index in [0.29, 0.717) is 6.61 Å². The summed E-state index contributed by atoms with van der Waals surface area (Å²) in [7, 11) is 0. The highest BCUT2D eigenvalue weighted by atomic mass is 16.6. The van der Waals surface area contributed by atoms with E-state index in [-0.39, 0.29) is 12.0 Å². The second-order valence-corrected chi connectivity index (χ2v) is 6.39. The van der Waals surface area contributed by atoms with Crippen LogP contribution in [0.5, 0.6) is 5.75 Å². The summed E-state index contributed by atoms with van der Waals surface area (Å²) < 4.78 is 11.2. The normalized spacial score (nSPS) is 19.5. The molecule has 0 bridgehead atoms. The Morgan fingerprint density at radius 2 is 2.00 bits per heavy atom. The molecule has 0 aliphatic carbocycles. The molecule has 1 aromatic rings. The van der Waals surface area contributed by atoms with Crippen LogP contribution in [-0.4, -0.2) is 42.2 Å². The first kappa shape index (κ1) is 15.8. The van der Waals surface area contributed by atoms with Crippen molar-refractivity contribution in [3.05, 3.63) is 30.3 Å². The first-order valence-electron chi connectivity index (χ1n) is 7.60. The van der Waals surface area contributed by atoms with Crippen LogP contribution in [0.25, 0.3) is 0 Å². The van der Waals surface area contributed by atoms with E-state index in [1.165, 1.54) is 0 Å². The molecule has 21 heavy (non-hydrogen) atoms. The molecular formula is C17H25NO3. The predicted molar refractivity (Wildman–Crippen MR) is 82.4 cm³/mol. The molecule has 1 fully saturated rings. The van der Waals surface area contributed by atoms with E-state index in [0.717, 1.165) is 31.7 Å². The van der Waals surface area contributed by atoms with Crippen molar-refractivity contribution in [1.82, 2.24) is 4.90 Å². The average Bonchev–Trinajstić information content (AvgIpc) is 2.86. The summed E-state index contributed by atoms with van der Waals surface area (Å²) in [6, 6.07) is 9.63. The SMILES string of the molecule is CC(C)(C)OC(=O)[C@H]1CCCN1CCOc1ccccc1. The molecule has 2 rings (SSSR count). The van der Waals surface area contributed by atoms with Crippen LogP contribution in [0.2, 0.25) is 0 Å². The maximum absolute atomic E-state index is 12.2. The van der Waals surface area contributed by atoms with Crippen molar-refractivity contribution in [2.75, 3.05) is 19.7 Å². The molecule has 116 valence electrons. The van der Waals surface area contributed by atoms with Crippen LogP contribution < -0.4 is 4.74 Å². The molecule has 4 heteroatoms. The molecule has 0 amide bonds. The summed E-state index contributed by atoms with van der Waals surface area (Å²) >= 11 is 0. The van der Waals surface area contributed by atoms with Gasteiger partial charge in [-0.2, -0.15) is 0 Å². The van der Waals surface area contributed by atoms with Gasteiger partial charge in [0.15, 0.2) is 0 Å². The molecule has 1 aliphatic heterocycles. The molecule has 0 N–H and O–H groups in total. The van der Waals surface area contributed by atoms with Gasteiger partial charge in [0.25, 0.3) is 0 Å². The third-order valence-corrected chi connectivity index (χ3v) is 3.43. The average molecular weight is 291 g/mol. The van der Waals surface area contributed by atoms with Gasteiger partial charge in [-0.05, 0) is 52.3 Å². The smallest absolute Gasteiger partial charge is 0.323 e. The Labute approximate surface area is 127 Å². The van der Waals surface area contributed by atoms with Gasteiger partial charge < -0.3 is 9.47 Å². The third kappa shape index (κ3) is 5.05. The second kappa shape index (κ2) is 6.94. The third-order valence-electron chi connectivity index (χ3n) is 3.43. The van der Waals surface area contributed by atoms with E-state index < -0.39 is 5.60 Å². The number of ether oxygens (including phenoxy) is 2. The largest absolute Gasteiger partial charge is 0.492 e. The number of carbonyl (C=O) groups excluding carboxylic acids is 1.